The molecular weight excluding hydrogens is 366 g/mol. The van der Waals surface area contributed by atoms with E-state index in [2.05, 4.69) is 20.8 Å². The largest absolute Gasteiger partial charge is 0.361 e. The Hall–Kier alpha value is -0.0800. The second kappa shape index (κ2) is 17.5. The van der Waals surface area contributed by atoms with Crippen molar-refractivity contribution in [2.75, 3.05) is 6.54 Å². The zero-order valence-electron chi connectivity index (χ0n) is 21.2. The summed E-state index contributed by atoms with van der Waals surface area (Å²) in [7, 11) is 0. The van der Waals surface area contributed by atoms with E-state index in [-0.39, 0.29) is 11.2 Å². The minimum absolute atomic E-state index is 0.0362. The normalized spacial score (nSPS) is 20.0. The first-order chi connectivity index (χ1) is 14.6. The number of nitrogens with two attached hydrogens (primary N) is 1. The van der Waals surface area contributed by atoms with Crippen LogP contribution in [0.4, 0.5) is 0 Å². The molecule has 0 aromatic heterocycles. The molecule has 0 spiro atoms. The third-order valence-corrected chi connectivity index (χ3v) is 7.60. The molecule has 1 rings (SSSR count). The van der Waals surface area contributed by atoms with Crippen LogP contribution in [0.25, 0.3) is 0 Å². The van der Waals surface area contributed by atoms with Gasteiger partial charge in [0.25, 0.3) is 0 Å². The van der Waals surface area contributed by atoms with Crippen LogP contribution in [-0.4, -0.2) is 17.7 Å². The summed E-state index contributed by atoms with van der Waals surface area (Å²) in [5.41, 5.74) is 6.14. The molecule has 0 bridgehead atoms. The summed E-state index contributed by atoms with van der Waals surface area (Å²) < 4.78 is 6.28. The number of ether oxygens (including phenoxy) is 1. The maximum atomic E-state index is 6.28. The van der Waals surface area contributed by atoms with E-state index in [4.69, 9.17) is 10.5 Å². The average molecular weight is 424 g/mol. The van der Waals surface area contributed by atoms with Gasteiger partial charge in [-0.25, -0.2) is 0 Å². The van der Waals surface area contributed by atoms with Crippen LogP contribution in [0.2, 0.25) is 0 Å². The maximum Gasteiger partial charge on any atom is 0.107 e. The van der Waals surface area contributed by atoms with Crippen LogP contribution >= 0.6 is 0 Å². The monoisotopic (exact) mass is 423 g/mol. The topological polar surface area (TPSA) is 38.5 Å². The Balaban J connectivity index is 2.04. The number of hydrogen-bond donors (Lipinski definition) is 1. The molecule has 180 valence electrons. The molecule has 1 fully saturated rings. The van der Waals surface area contributed by atoms with E-state index >= 15 is 0 Å². The van der Waals surface area contributed by atoms with Gasteiger partial charge in [-0.3, -0.25) is 0 Å². The summed E-state index contributed by atoms with van der Waals surface area (Å²) in [5.74, 6) is 0. The molecule has 0 aliphatic carbocycles. The van der Waals surface area contributed by atoms with Crippen LogP contribution in [-0.2, 0) is 4.74 Å². The highest BCUT2D eigenvalue weighted by molar-refractivity contribution is 5.13. The van der Waals surface area contributed by atoms with Crippen molar-refractivity contribution in [3.8, 4) is 0 Å². The first-order valence-corrected chi connectivity index (χ1v) is 14.0. The summed E-state index contributed by atoms with van der Waals surface area (Å²) in [6.07, 6.45) is 30.6. The van der Waals surface area contributed by atoms with E-state index < -0.39 is 0 Å². The lowest BCUT2D eigenvalue weighted by Gasteiger charge is -2.16. The Labute approximate surface area is 190 Å². The van der Waals surface area contributed by atoms with Gasteiger partial charge in [0.05, 0.1) is 5.60 Å². The number of unbranched alkanes of at least 4 members (excludes halogenated alkanes) is 18. The molecular formula is C28H57NO. The molecule has 0 aromatic carbocycles. The van der Waals surface area contributed by atoms with Crippen molar-refractivity contribution in [2.45, 2.75) is 173 Å². The molecule has 1 aliphatic rings. The Morgan fingerprint density at radius 1 is 0.500 bits per heavy atom. The first kappa shape index (κ1) is 28.0. The highest BCUT2D eigenvalue weighted by atomic mass is 16.6. The van der Waals surface area contributed by atoms with Gasteiger partial charge >= 0.3 is 0 Å². The highest BCUT2D eigenvalue weighted by Gasteiger charge is 2.64. The van der Waals surface area contributed by atoms with Crippen molar-refractivity contribution in [3.05, 3.63) is 0 Å². The molecule has 30 heavy (non-hydrogen) atoms. The Morgan fingerprint density at radius 3 is 1.07 bits per heavy atom. The fourth-order valence-corrected chi connectivity index (χ4v) is 5.19. The van der Waals surface area contributed by atoms with Gasteiger partial charge in [0.15, 0.2) is 0 Å². The molecule has 1 saturated heterocycles. The molecule has 0 saturated carbocycles. The number of hydrogen-bond acceptors (Lipinski definition) is 2. The van der Waals surface area contributed by atoms with Gasteiger partial charge in [0.1, 0.15) is 5.60 Å². The second-order valence-corrected chi connectivity index (χ2v) is 10.4. The standard InChI is InChI=1S/C28H57NO/c1-4-6-8-10-12-14-16-18-20-22-24-28(27(3,26-29)30-28)25-23-21-19-17-15-13-11-9-7-5-2/h4-26,29H2,1-3H3. The smallest absolute Gasteiger partial charge is 0.107 e. The number of rotatable bonds is 23. The van der Waals surface area contributed by atoms with Crippen molar-refractivity contribution in [1.82, 2.24) is 0 Å². The van der Waals surface area contributed by atoms with Crippen LogP contribution in [0.5, 0.6) is 0 Å². The van der Waals surface area contributed by atoms with E-state index in [1.54, 1.807) is 0 Å². The zero-order valence-corrected chi connectivity index (χ0v) is 21.2. The van der Waals surface area contributed by atoms with Gasteiger partial charge in [-0.1, -0.05) is 142 Å². The van der Waals surface area contributed by atoms with Gasteiger partial charge < -0.3 is 10.5 Å². The maximum absolute atomic E-state index is 6.28. The van der Waals surface area contributed by atoms with Crippen molar-refractivity contribution < 1.29 is 4.74 Å². The van der Waals surface area contributed by atoms with Gasteiger partial charge in [-0.05, 0) is 19.8 Å². The lowest BCUT2D eigenvalue weighted by molar-refractivity contribution is 0.243. The summed E-state index contributed by atoms with van der Waals surface area (Å²) in [6.45, 7) is 7.52. The Kier molecular flexibility index (Phi) is 16.3. The molecule has 1 unspecified atom stereocenters. The van der Waals surface area contributed by atoms with E-state index in [1.807, 2.05) is 0 Å². The highest BCUT2D eigenvalue weighted by Crippen LogP contribution is 2.53. The molecule has 2 heteroatoms. The third kappa shape index (κ3) is 11.5. The fourth-order valence-electron chi connectivity index (χ4n) is 5.19. The van der Waals surface area contributed by atoms with E-state index in [0.29, 0.717) is 6.54 Å². The average Bonchev–Trinajstić information content (AvgIpc) is 3.35. The van der Waals surface area contributed by atoms with Crippen molar-refractivity contribution >= 4 is 0 Å². The minimum atomic E-state index is -0.0362. The Morgan fingerprint density at radius 2 is 0.800 bits per heavy atom. The fraction of sp³-hybridized carbons (Fsp3) is 1.00. The van der Waals surface area contributed by atoms with Crippen molar-refractivity contribution in [3.63, 3.8) is 0 Å². The predicted molar refractivity (Wildman–Crippen MR) is 134 cm³/mol. The van der Waals surface area contributed by atoms with Gasteiger partial charge in [-0.15, -0.1) is 0 Å². The summed E-state index contributed by atoms with van der Waals surface area (Å²) in [5, 5.41) is 0. The van der Waals surface area contributed by atoms with E-state index in [1.165, 1.54) is 141 Å². The summed E-state index contributed by atoms with van der Waals surface area (Å²) >= 11 is 0. The van der Waals surface area contributed by atoms with Crippen LogP contribution in [0.1, 0.15) is 162 Å². The third-order valence-electron chi connectivity index (χ3n) is 7.60. The molecule has 0 amide bonds. The van der Waals surface area contributed by atoms with Gasteiger partial charge in [0, 0.05) is 6.54 Å². The lowest BCUT2D eigenvalue weighted by atomic mass is 9.84. The SMILES string of the molecule is CCCCCCCCCCCCC1(CCCCCCCCCCCC)OC1(C)CN. The summed E-state index contributed by atoms with van der Waals surface area (Å²) in [4.78, 5) is 0. The van der Waals surface area contributed by atoms with Crippen LogP contribution in [0.3, 0.4) is 0 Å². The molecule has 0 aromatic rings. The van der Waals surface area contributed by atoms with Crippen LogP contribution in [0.15, 0.2) is 0 Å². The first-order valence-electron chi connectivity index (χ1n) is 14.0. The van der Waals surface area contributed by atoms with Gasteiger partial charge in [0.2, 0.25) is 0 Å². The molecule has 2 nitrogen and oxygen atoms in total. The van der Waals surface area contributed by atoms with Crippen LogP contribution < -0.4 is 5.73 Å². The van der Waals surface area contributed by atoms with Gasteiger partial charge in [-0.2, -0.15) is 0 Å². The minimum Gasteiger partial charge on any atom is -0.361 e. The van der Waals surface area contributed by atoms with E-state index in [9.17, 15) is 0 Å². The zero-order chi connectivity index (χ0) is 22.0. The predicted octanol–water partition coefficient (Wildman–Crippen LogP) is 9.09. The lowest BCUT2D eigenvalue weighted by Crippen LogP contribution is -2.31. The number of epoxide rings is 1. The molecule has 1 heterocycles. The Bertz CT molecular complexity index is 359. The van der Waals surface area contributed by atoms with Crippen molar-refractivity contribution in [2.24, 2.45) is 5.73 Å². The van der Waals surface area contributed by atoms with Crippen LogP contribution in [0, 0.1) is 0 Å². The summed E-state index contributed by atoms with van der Waals surface area (Å²) in [6, 6.07) is 0. The molecule has 0 radical (unpaired) electrons. The van der Waals surface area contributed by atoms with E-state index in [0.717, 1.165) is 0 Å². The molecule has 2 N–H and O–H groups in total. The molecule has 1 atom stereocenters. The van der Waals surface area contributed by atoms with Crippen molar-refractivity contribution in [1.29, 1.82) is 0 Å². The molecule has 1 aliphatic heterocycles. The second-order valence-electron chi connectivity index (χ2n) is 10.4. The quantitative estimate of drug-likeness (QED) is 0.131.